The highest BCUT2D eigenvalue weighted by Gasteiger charge is 2.19. The number of ketones is 1. The summed E-state index contributed by atoms with van der Waals surface area (Å²) in [5.41, 5.74) is 0. The summed E-state index contributed by atoms with van der Waals surface area (Å²) in [7, 11) is 0. The van der Waals surface area contributed by atoms with E-state index in [1.807, 2.05) is 13.8 Å². The predicted molar refractivity (Wildman–Crippen MR) is 58.2 cm³/mol. The highest BCUT2D eigenvalue weighted by molar-refractivity contribution is 5.84. The van der Waals surface area contributed by atoms with E-state index in [-0.39, 0.29) is 17.6 Å². The van der Waals surface area contributed by atoms with Gasteiger partial charge in [-0.3, -0.25) is 4.79 Å². The van der Waals surface area contributed by atoms with Gasteiger partial charge in [-0.05, 0) is 6.42 Å². The number of unbranched alkanes of at least 4 members (excludes halogenated alkanes) is 2. The first-order valence-electron chi connectivity index (χ1n) is 5.60. The van der Waals surface area contributed by atoms with Gasteiger partial charge in [0.25, 0.3) is 0 Å². The Kier molecular flexibility index (Phi) is 7.35. The lowest BCUT2D eigenvalue weighted by molar-refractivity contribution is -0.127. The van der Waals surface area contributed by atoms with Crippen molar-refractivity contribution in [3.8, 4) is 0 Å². The third kappa shape index (κ3) is 5.15. The molecular weight excluding hydrogens is 176 g/mol. The number of hydrogen-bond acceptors (Lipinski definition) is 2. The van der Waals surface area contributed by atoms with Crippen LogP contribution in [-0.2, 0) is 9.59 Å². The van der Waals surface area contributed by atoms with Gasteiger partial charge in [0.05, 0.1) is 0 Å². The van der Waals surface area contributed by atoms with E-state index in [2.05, 4.69) is 6.92 Å². The first kappa shape index (κ1) is 13.3. The maximum Gasteiger partial charge on any atom is 0.138 e. The maximum absolute atomic E-state index is 11.7. The molecule has 0 radical (unpaired) electrons. The fourth-order valence-electron chi connectivity index (χ4n) is 1.60. The summed E-state index contributed by atoms with van der Waals surface area (Å²) in [5, 5.41) is 0. The molecule has 0 bridgehead atoms. The van der Waals surface area contributed by atoms with Crippen LogP contribution < -0.4 is 0 Å². The molecule has 0 aromatic rings. The minimum atomic E-state index is -0.0287. The molecule has 1 unspecified atom stereocenters. The third-order valence-corrected chi connectivity index (χ3v) is 2.51. The van der Waals surface area contributed by atoms with Crippen molar-refractivity contribution in [3.63, 3.8) is 0 Å². The Hall–Kier alpha value is -0.660. The van der Waals surface area contributed by atoms with Crippen molar-refractivity contribution in [2.45, 2.75) is 52.9 Å². The smallest absolute Gasteiger partial charge is 0.138 e. The zero-order valence-electron chi connectivity index (χ0n) is 9.58. The van der Waals surface area contributed by atoms with Crippen LogP contribution in [0, 0.1) is 11.8 Å². The van der Waals surface area contributed by atoms with Gasteiger partial charge in [-0.2, -0.15) is 0 Å². The van der Waals surface area contributed by atoms with E-state index in [0.717, 1.165) is 32.0 Å². The van der Waals surface area contributed by atoms with Gasteiger partial charge in [0, 0.05) is 18.3 Å². The molecule has 0 aromatic carbocycles. The summed E-state index contributed by atoms with van der Waals surface area (Å²) in [5.74, 6) is 0.272. The van der Waals surface area contributed by atoms with Gasteiger partial charge in [-0.25, -0.2) is 0 Å². The molecule has 0 aliphatic heterocycles. The highest BCUT2D eigenvalue weighted by Crippen LogP contribution is 2.17. The van der Waals surface area contributed by atoms with Gasteiger partial charge < -0.3 is 4.79 Å². The Bertz CT molecular complexity index is 173. The van der Waals surface area contributed by atoms with Crippen LogP contribution in [0.4, 0.5) is 0 Å². The lowest BCUT2D eigenvalue weighted by Crippen LogP contribution is -2.20. The Morgan fingerprint density at radius 2 is 1.93 bits per heavy atom. The van der Waals surface area contributed by atoms with Crippen LogP contribution in [0.5, 0.6) is 0 Å². The highest BCUT2D eigenvalue weighted by atomic mass is 16.1. The average molecular weight is 198 g/mol. The number of carbonyl (C=O) groups is 2. The molecule has 82 valence electrons. The second-order valence-corrected chi connectivity index (χ2v) is 4.15. The molecule has 1 atom stereocenters. The molecule has 0 aliphatic rings. The van der Waals surface area contributed by atoms with E-state index < -0.39 is 0 Å². The van der Waals surface area contributed by atoms with Crippen molar-refractivity contribution < 1.29 is 9.59 Å². The molecule has 0 saturated carbocycles. The van der Waals surface area contributed by atoms with Crippen LogP contribution in [0.2, 0.25) is 0 Å². The predicted octanol–water partition coefficient (Wildman–Crippen LogP) is 3.00. The minimum Gasteiger partial charge on any atom is -0.303 e. The largest absolute Gasteiger partial charge is 0.303 e. The molecule has 2 heteroatoms. The van der Waals surface area contributed by atoms with Crippen molar-refractivity contribution in [1.29, 1.82) is 0 Å². The van der Waals surface area contributed by atoms with Crippen LogP contribution in [0.25, 0.3) is 0 Å². The lowest BCUT2D eigenvalue weighted by Gasteiger charge is -2.14. The molecule has 0 aliphatic carbocycles. The van der Waals surface area contributed by atoms with E-state index in [9.17, 15) is 9.59 Å². The Labute approximate surface area is 87.1 Å². The van der Waals surface area contributed by atoms with Crippen molar-refractivity contribution in [1.82, 2.24) is 0 Å². The van der Waals surface area contributed by atoms with Gasteiger partial charge in [0.1, 0.15) is 12.1 Å². The monoisotopic (exact) mass is 198 g/mol. The third-order valence-electron chi connectivity index (χ3n) is 2.51. The molecule has 0 N–H and O–H groups in total. The zero-order valence-corrected chi connectivity index (χ0v) is 9.58. The fraction of sp³-hybridized carbons (Fsp3) is 0.833. The Balaban J connectivity index is 4.00. The van der Waals surface area contributed by atoms with E-state index in [0.29, 0.717) is 6.42 Å². The second-order valence-electron chi connectivity index (χ2n) is 4.15. The van der Waals surface area contributed by atoms with Crippen LogP contribution in [0.1, 0.15) is 52.9 Å². The average Bonchev–Trinajstić information content (AvgIpc) is 2.15. The summed E-state index contributed by atoms with van der Waals surface area (Å²) in [4.78, 5) is 22.1. The van der Waals surface area contributed by atoms with Gasteiger partial charge in [-0.1, -0.05) is 40.0 Å². The molecule has 0 amide bonds. The van der Waals surface area contributed by atoms with Gasteiger partial charge in [0.2, 0.25) is 0 Å². The van der Waals surface area contributed by atoms with Crippen molar-refractivity contribution in [2.75, 3.05) is 0 Å². The van der Waals surface area contributed by atoms with Gasteiger partial charge in [0.15, 0.2) is 0 Å². The number of rotatable bonds is 8. The molecule has 14 heavy (non-hydrogen) atoms. The second kappa shape index (κ2) is 7.72. The van der Waals surface area contributed by atoms with E-state index >= 15 is 0 Å². The van der Waals surface area contributed by atoms with Crippen LogP contribution in [0.3, 0.4) is 0 Å². The van der Waals surface area contributed by atoms with Crippen LogP contribution >= 0.6 is 0 Å². The normalized spacial score (nSPS) is 12.9. The number of Topliss-reactive ketones (excluding diaryl/α,β-unsaturated/α-hetero) is 1. The molecule has 0 saturated heterocycles. The van der Waals surface area contributed by atoms with Crippen molar-refractivity contribution >= 4 is 12.1 Å². The standard InChI is InChI=1S/C12H22O2/c1-4-5-6-7-11(8-9-13)12(14)10(2)3/h9-11H,4-8H2,1-3H3. The zero-order chi connectivity index (χ0) is 11.0. The molecule has 0 heterocycles. The van der Waals surface area contributed by atoms with E-state index in [1.165, 1.54) is 0 Å². The van der Waals surface area contributed by atoms with Crippen molar-refractivity contribution in [2.24, 2.45) is 11.8 Å². The van der Waals surface area contributed by atoms with Crippen molar-refractivity contribution in [3.05, 3.63) is 0 Å². The molecule has 0 fully saturated rings. The van der Waals surface area contributed by atoms with Gasteiger partial charge in [-0.15, -0.1) is 0 Å². The van der Waals surface area contributed by atoms with E-state index in [4.69, 9.17) is 0 Å². The fourth-order valence-corrected chi connectivity index (χ4v) is 1.60. The molecule has 2 nitrogen and oxygen atoms in total. The summed E-state index contributed by atoms with van der Waals surface area (Å²) < 4.78 is 0. The summed E-state index contributed by atoms with van der Waals surface area (Å²) >= 11 is 0. The van der Waals surface area contributed by atoms with E-state index in [1.54, 1.807) is 0 Å². The summed E-state index contributed by atoms with van der Waals surface area (Å²) in [6.45, 7) is 5.94. The number of carbonyl (C=O) groups excluding carboxylic acids is 2. The minimum absolute atomic E-state index is 0.0287. The molecule has 0 rings (SSSR count). The summed E-state index contributed by atoms with van der Waals surface area (Å²) in [6.07, 6.45) is 5.53. The molecule has 0 aromatic heterocycles. The SMILES string of the molecule is CCCCCC(CC=O)C(=O)C(C)C. The quantitative estimate of drug-likeness (QED) is 0.444. The molecular formula is C12H22O2. The summed E-state index contributed by atoms with van der Waals surface area (Å²) in [6, 6.07) is 0. The number of hydrogen-bond donors (Lipinski definition) is 0. The Morgan fingerprint density at radius 3 is 2.36 bits per heavy atom. The van der Waals surface area contributed by atoms with Crippen LogP contribution in [0.15, 0.2) is 0 Å². The topological polar surface area (TPSA) is 34.1 Å². The first-order chi connectivity index (χ1) is 6.63. The lowest BCUT2D eigenvalue weighted by atomic mass is 9.88. The molecule has 0 spiro atoms. The Morgan fingerprint density at radius 1 is 1.29 bits per heavy atom. The maximum atomic E-state index is 11.7. The van der Waals surface area contributed by atoms with Crippen LogP contribution in [-0.4, -0.2) is 12.1 Å². The number of aldehydes is 1. The first-order valence-corrected chi connectivity index (χ1v) is 5.60. The van der Waals surface area contributed by atoms with Gasteiger partial charge >= 0.3 is 0 Å².